The van der Waals surface area contributed by atoms with E-state index in [1.165, 1.54) is 0 Å². The van der Waals surface area contributed by atoms with Crippen LogP contribution < -0.4 is 10.1 Å². The lowest BCUT2D eigenvalue weighted by atomic mass is 10.1. The fraction of sp³-hybridized carbons (Fsp3) is 0.308. The number of benzene rings is 1. The molecule has 0 saturated heterocycles. The van der Waals surface area contributed by atoms with E-state index in [0.717, 1.165) is 11.3 Å². The molecule has 1 rings (SSSR count). The van der Waals surface area contributed by atoms with Crippen molar-refractivity contribution in [3.63, 3.8) is 0 Å². The summed E-state index contributed by atoms with van der Waals surface area (Å²) in [5.41, 5.74) is 1.23. The Bertz CT molecular complexity index is 398. The van der Waals surface area contributed by atoms with Gasteiger partial charge >= 0.3 is 5.97 Å². The predicted molar refractivity (Wildman–Crippen MR) is 66.2 cm³/mol. The first kappa shape index (κ1) is 13.3. The van der Waals surface area contributed by atoms with Crippen LogP contribution in [0.4, 0.5) is 0 Å². The van der Waals surface area contributed by atoms with E-state index in [0.29, 0.717) is 0 Å². The Morgan fingerprint density at radius 1 is 1.47 bits per heavy atom. The van der Waals surface area contributed by atoms with Gasteiger partial charge in [-0.3, -0.25) is 0 Å². The Hall–Kier alpha value is -1.81. The molecule has 92 valence electrons. The van der Waals surface area contributed by atoms with Crippen molar-refractivity contribution in [3.05, 3.63) is 42.0 Å². The highest BCUT2D eigenvalue weighted by Crippen LogP contribution is 2.17. The Morgan fingerprint density at radius 2 is 2.06 bits per heavy atom. The van der Waals surface area contributed by atoms with E-state index < -0.39 is 5.97 Å². The minimum atomic E-state index is -0.973. The maximum absolute atomic E-state index is 10.6. The lowest BCUT2D eigenvalue weighted by molar-refractivity contribution is -0.132. The van der Waals surface area contributed by atoms with Gasteiger partial charge in [-0.15, -0.1) is 0 Å². The zero-order chi connectivity index (χ0) is 12.8. The molecule has 2 N–H and O–H groups in total. The van der Waals surface area contributed by atoms with Crippen molar-refractivity contribution in [2.75, 3.05) is 13.7 Å². The number of nitrogens with one attached hydrogen (secondary N) is 1. The highest BCUT2D eigenvalue weighted by atomic mass is 16.5. The van der Waals surface area contributed by atoms with E-state index in [-0.39, 0.29) is 18.2 Å². The first-order valence-electron chi connectivity index (χ1n) is 5.33. The van der Waals surface area contributed by atoms with Crippen molar-refractivity contribution >= 4 is 5.97 Å². The lowest BCUT2D eigenvalue weighted by Gasteiger charge is -2.14. The van der Waals surface area contributed by atoms with Gasteiger partial charge in [0.1, 0.15) is 5.75 Å². The number of hydrogen-bond donors (Lipinski definition) is 2. The molecule has 0 radical (unpaired) electrons. The van der Waals surface area contributed by atoms with Crippen LogP contribution in [0, 0.1) is 0 Å². The molecule has 0 aliphatic heterocycles. The van der Waals surface area contributed by atoms with Crippen LogP contribution in [0.25, 0.3) is 0 Å². The van der Waals surface area contributed by atoms with Crippen LogP contribution in [0.1, 0.15) is 18.5 Å². The van der Waals surface area contributed by atoms with E-state index in [9.17, 15) is 4.79 Å². The van der Waals surface area contributed by atoms with Crippen LogP contribution in [0.15, 0.2) is 36.4 Å². The number of aliphatic carboxylic acids is 1. The minimum Gasteiger partial charge on any atom is -0.497 e. The zero-order valence-corrected chi connectivity index (χ0v) is 10.1. The molecule has 4 heteroatoms. The third-order valence-electron chi connectivity index (χ3n) is 2.54. The van der Waals surface area contributed by atoms with Crippen molar-refractivity contribution in [1.82, 2.24) is 5.32 Å². The Balaban J connectivity index is 2.54. The van der Waals surface area contributed by atoms with Crippen LogP contribution in [0.5, 0.6) is 5.75 Å². The number of carbonyl (C=O) groups is 1. The van der Waals surface area contributed by atoms with Crippen LogP contribution in [0.2, 0.25) is 0 Å². The van der Waals surface area contributed by atoms with E-state index >= 15 is 0 Å². The summed E-state index contributed by atoms with van der Waals surface area (Å²) in [5, 5.41) is 11.8. The minimum absolute atomic E-state index is 0.0667. The average Bonchev–Trinajstić information content (AvgIpc) is 2.35. The SMILES string of the molecule is C=C(CN[C@H](C)c1ccc(OC)cc1)C(=O)O. The molecule has 1 atom stereocenters. The fourth-order valence-corrected chi connectivity index (χ4v) is 1.36. The molecule has 1 aromatic rings. The largest absolute Gasteiger partial charge is 0.497 e. The molecule has 0 aromatic heterocycles. The summed E-state index contributed by atoms with van der Waals surface area (Å²) in [7, 11) is 1.62. The fourth-order valence-electron chi connectivity index (χ4n) is 1.36. The summed E-state index contributed by atoms with van der Waals surface area (Å²) in [6.45, 7) is 5.70. The van der Waals surface area contributed by atoms with Gasteiger partial charge in [-0.2, -0.15) is 0 Å². The number of methoxy groups -OCH3 is 1. The quantitative estimate of drug-likeness (QED) is 0.740. The van der Waals surface area contributed by atoms with Crippen molar-refractivity contribution in [2.24, 2.45) is 0 Å². The lowest BCUT2D eigenvalue weighted by Crippen LogP contribution is -2.23. The molecular weight excluding hydrogens is 218 g/mol. The van der Waals surface area contributed by atoms with Crippen molar-refractivity contribution < 1.29 is 14.6 Å². The summed E-state index contributed by atoms with van der Waals surface area (Å²) in [6, 6.07) is 7.70. The first-order chi connectivity index (χ1) is 8.04. The maximum atomic E-state index is 10.6. The molecule has 1 aromatic carbocycles. The zero-order valence-electron chi connectivity index (χ0n) is 10.1. The van der Waals surface area contributed by atoms with Gasteiger partial charge in [-0.05, 0) is 24.6 Å². The highest BCUT2D eigenvalue weighted by Gasteiger charge is 2.08. The van der Waals surface area contributed by atoms with E-state index in [1.54, 1.807) is 7.11 Å². The van der Waals surface area contributed by atoms with Gasteiger partial charge in [0.25, 0.3) is 0 Å². The van der Waals surface area contributed by atoms with Gasteiger partial charge in [-0.1, -0.05) is 18.7 Å². The monoisotopic (exact) mass is 235 g/mol. The number of rotatable bonds is 6. The Labute approximate surface area is 101 Å². The van der Waals surface area contributed by atoms with Gasteiger partial charge in [0.05, 0.1) is 7.11 Å². The van der Waals surface area contributed by atoms with E-state index in [1.807, 2.05) is 31.2 Å². The van der Waals surface area contributed by atoms with Gasteiger partial charge in [0.2, 0.25) is 0 Å². The summed E-state index contributed by atoms with van der Waals surface area (Å²) < 4.78 is 5.07. The van der Waals surface area contributed by atoms with Gasteiger partial charge in [0.15, 0.2) is 0 Å². The predicted octanol–water partition coefficient (Wildman–Crippen LogP) is 1.99. The molecule has 0 spiro atoms. The third-order valence-corrected chi connectivity index (χ3v) is 2.54. The van der Waals surface area contributed by atoms with E-state index in [2.05, 4.69) is 11.9 Å². The topological polar surface area (TPSA) is 58.6 Å². The van der Waals surface area contributed by atoms with Gasteiger partial charge < -0.3 is 15.2 Å². The summed E-state index contributed by atoms with van der Waals surface area (Å²) >= 11 is 0. The highest BCUT2D eigenvalue weighted by molar-refractivity contribution is 5.86. The van der Waals surface area contributed by atoms with Gasteiger partial charge in [-0.25, -0.2) is 4.79 Å². The molecule has 0 amide bonds. The van der Waals surface area contributed by atoms with Crippen LogP contribution >= 0.6 is 0 Å². The summed E-state index contributed by atoms with van der Waals surface area (Å²) in [4.78, 5) is 10.6. The third kappa shape index (κ3) is 3.92. The number of ether oxygens (including phenoxy) is 1. The maximum Gasteiger partial charge on any atom is 0.332 e. The molecule has 4 nitrogen and oxygen atoms in total. The number of carboxylic acid groups (broad SMARTS) is 1. The normalized spacial score (nSPS) is 11.9. The van der Waals surface area contributed by atoms with Crippen molar-refractivity contribution in [1.29, 1.82) is 0 Å². The van der Waals surface area contributed by atoms with Crippen LogP contribution in [-0.2, 0) is 4.79 Å². The first-order valence-corrected chi connectivity index (χ1v) is 5.33. The van der Waals surface area contributed by atoms with Crippen LogP contribution in [-0.4, -0.2) is 24.7 Å². The van der Waals surface area contributed by atoms with Gasteiger partial charge in [0, 0.05) is 18.2 Å². The Morgan fingerprint density at radius 3 is 2.53 bits per heavy atom. The average molecular weight is 235 g/mol. The molecule has 0 saturated carbocycles. The number of hydrogen-bond acceptors (Lipinski definition) is 3. The summed E-state index contributed by atoms with van der Waals surface area (Å²) in [6.07, 6.45) is 0. The second-order valence-electron chi connectivity index (χ2n) is 3.78. The molecule has 0 aliphatic rings. The standard InChI is InChI=1S/C13H17NO3/c1-9(13(15)16)8-14-10(2)11-4-6-12(17-3)7-5-11/h4-7,10,14H,1,8H2,2-3H3,(H,15,16)/t10-/m1/s1. The molecule has 17 heavy (non-hydrogen) atoms. The second-order valence-corrected chi connectivity index (χ2v) is 3.78. The molecular formula is C13H17NO3. The Kier molecular flexibility index (Phi) is 4.72. The molecule has 0 heterocycles. The molecule has 0 fully saturated rings. The summed E-state index contributed by atoms with van der Waals surface area (Å²) in [5.74, 6) is -0.171. The number of carboxylic acids is 1. The molecule has 0 bridgehead atoms. The van der Waals surface area contributed by atoms with Crippen LogP contribution in [0.3, 0.4) is 0 Å². The molecule has 0 unspecified atom stereocenters. The van der Waals surface area contributed by atoms with Crippen molar-refractivity contribution in [3.8, 4) is 5.75 Å². The molecule has 0 aliphatic carbocycles. The smallest absolute Gasteiger partial charge is 0.332 e. The van der Waals surface area contributed by atoms with E-state index in [4.69, 9.17) is 9.84 Å². The van der Waals surface area contributed by atoms with Crippen molar-refractivity contribution in [2.45, 2.75) is 13.0 Å². The second kappa shape index (κ2) is 6.06.